The molecule has 2 aromatic carbocycles. The van der Waals surface area contributed by atoms with Gasteiger partial charge in [0, 0.05) is 16.3 Å². The van der Waals surface area contributed by atoms with Crippen LogP contribution in [0.5, 0.6) is 0 Å². The summed E-state index contributed by atoms with van der Waals surface area (Å²) in [7, 11) is 0. The summed E-state index contributed by atoms with van der Waals surface area (Å²) in [6.45, 7) is 0. The average Bonchev–Trinajstić information content (AvgIpc) is 3.31. The molecule has 0 saturated heterocycles. The van der Waals surface area contributed by atoms with Gasteiger partial charge in [0.25, 0.3) is 0 Å². The zero-order valence-corrected chi connectivity index (χ0v) is 16.1. The standard InChI is InChI=1S/C23H23N3S/c1-2-7-19(8-3-1)26-22(21-14-17-6-4-5-9-20(17)27-21)24-25-23(26)15-16-10-12-18(23)13-11-16/h1-9,14,16,18,25H,10-13,15H2/t16?,18?,23-/m0/s1. The number of para-hydroxylation sites is 1. The molecule has 2 bridgehead atoms. The van der Waals surface area contributed by atoms with Crippen LogP contribution in [0.3, 0.4) is 0 Å². The van der Waals surface area contributed by atoms with E-state index in [1.807, 2.05) is 11.3 Å². The normalized spacial score (nSPS) is 29.3. The molecule has 27 heavy (non-hydrogen) atoms. The highest BCUT2D eigenvalue weighted by Crippen LogP contribution is 2.52. The molecule has 4 aliphatic rings. The van der Waals surface area contributed by atoms with E-state index in [2.05, 4.69) is 71.0 Å². The van der Waals surface area contributed by atoms with Crippen molar-refractivity contribution in [2.75, 3.05) is 4.90 Å². The van der Waals surface area contributed by atoms with Crippen LogP contribution in [-0.4, -0.2) is 11.5 Å². The summed E-state index contributed by atoms with van der Waals surface area (Å²) in [5.74, 6) is 2.58. The van der Waals surface area contributed by atoms with Crippen molar-refractivity contribution in [1.29, 1.82) is 0 Å². The van der Waals surface area contributed by atoms with E-state index in [4.69, 9.17) is 5.10 Å². The van der Waals surface area contributed by atoms with Crippen molar-refractivity contribution < 1.29 is 0 Å². The van der Waals surface area contributed by atoms with Gasteiger partial charge in [0.05, 0.1) is 4.88 Å². The lowest BCUT2D eigenvalue weighted by Crippen LogP contribution is -2.64. The highest BCUT2D eigenvalue weighted by Gasteiger charge is 2.55. The summed E-state index contributed by atoms with van der Waals surface area (Å²) in [4.78, 5) is 3.79. The van der Waals surface area contributed by atoms with Gasteiger partial charge in [0.2, 0.25) is 0 Å². The highest BCUT2D eigenvalue weighted by molar-refractivity contribution is 7.21. The zero-order chi connectivity index (χ0) is 17.8. The van der Waals surface area contributed by atoms with E-state index in [-0.39, 0.29) is 5.66 Å². The third-order valence-corrected chi connectivity index (χ3v) is 7.86. The van der Waals surface area contributed by atoms with E-state index in [1.165, 1.54) is 52.8 Å². The summed E-state index contributed by atoms with van der Waals surface area (Å²) < 4.78 is 1.33. The Kier molecular flexibility index (Phi) is 3.39. The number of thiophene rings is 1. The topological polar surface area (TPSA) is 27.6 Å². The fourth-order valence-corrected chi connectivity index (χ4v) is 6.53. The third kappa shape index (κ3) is 2.29. The number of benzene rings is 2. The molecule has 4 heteroatoms. The first-order chi connectivity index (χ1) is 13.3. The van der Waals surface area contributed by atoms with E-state index in [9.17, 15) is 0 Å². The Morgan fingerprint density at radius 1 is 0.963 bits per heavy atom. The van der Waals surface area contributed by atoms with Gasteiger partial charge in [0.1, 0.15) is 5.66 Å². The van der Waals surface area contributed by atoms with Crippen molar-refractivity contribution in [3.05, 3.63) is 65.5 Å². The second kappa shape index (κ2) is 5.83. The van der Waals surface area contributed by atoms with Crippen LogP contribution >= 0.6 is 11.3 Å². The van der Waals surface area contributed by atoms with Crippen molar-refractivity contribution in [1.82, 2.24) is 5.43 Å². The van der Waals surface area contributed by atoms with Gasteiger partial charge in [-0.3, -0.25) is 10.3 Å². The lowest BCUT2D eigenvalue weighted by molar-refractivity contribution is 0.0553. The molecule has 1 aromatic heterocycles. The van der Waals surface area contributed by atoms with Gasteiger partial charge in [0.15, 0.2) is 5.84 Å². The number of hydrogen-bond donors (Lipinski definition) is 1. The lowest BCUT2D eigenvalue weighted by atomic mass is 9.63. The Hall–Kier alpha value is -2.33. The quantitative estimate of drug-likeness (QED) is 0.635. The molecule has 0 unspecified atom stereocenters. The Morgan fingerprint density at radius 3 is 2.48 bits per heavy atom. The second-order valence-corrected chi connectivity index (χ2v) is 9.30. The molecule has 1 atom stereocenters. The SMILES string of the molecule is c1ccc(N2C(c3cc4ccccc4s3)=NN[C@@]23CC2CCC3CC2)cc1. The molecule has 0 amide bonds. The molecule has 1 aliphatic heterocycles. The minimum atomic E-state index is -0.0476. The molecular formula is C23H23N3S. The Balaban J connectivity index is 1.49. The van der Waals surface area contributed by atoms with Gasteiger partial charge >= 0.3 is 0 Å². The summed E-state index contributed by atoms with van der Waals surface area (Å²) in [6.07, 6.45) is 6.60. The number of anilines is 1. The van der Waals surface area contributed by atoms with Crippen molar-refractivity contribution in [2.24, 2.45) is 16.9 Å². The largest absolute Gasteiger partial charge is 0.298 e. The minimum Gasteiger partial charge on any atom is -0.298 e. The number of hydrogen-bond acceptors (Lipinski definition) is 4. The van der Waals surface area contributed by atoms with Crippen LogP contribution in [-0.2, 0) is 0 Å². The molecular weight excluding hydrogens is 350 g/mol. The molecule has 136 valence electrons. The first kappa shape index (κ1) is 15.7. The lowest BCUT2D eigenvalue weighted by Gasteiger charge is -2.53. The second-order valence-electron chi connectivity index (χ2n) is 8.21. The summed E-state index contributed by atoms with van der Waals surface area (Å²) >= 11 is 1.85. The summed E-state index contributed by atoms with van der Waals surface area (Å²) in [6, 6.07) is 21.8. The van der Waals surface area contributed by atoms with Crippen LogP contribution in [0.1, 0.15) is 37.0 Å². The summed E-state index contributed by atoms with van der Waals surface area (Å²) in [5.41, 5.74) is 4.87. The van der Waals surface area contributed by atoms with Crippen LogP contribution in [0.25, 0.3) is 10.1 Å². The molecule has 3 fully saturated rings. The predicted octanol–water partition coefficient (Wildman–Crippen LogP) is 5.58. The average molecular weight is 374 g/mol. The van der Waals surface area contributed by atoms with Gasteiger partial charge in [-0.25, -0.2) is 0 Å². The van der Waals surface area contributed by atoms with Crippen molar-refractivity contribution in [2.45, 2.75) is 37.8 Å². The maximum Gasteiger partial charge on any atom is 0.172 e. The number of nitrogens with zero attached hydrogens (tertiary/aromatic N) is 2. The van der Waals surface area contributed by atoms with Crippen LogP contribution < -0.4 is 10.3 Å². The Bertz CT molecular complexity index is 983. The van der Waals surface area contributed by atoms with Gasteiger partial charge in [-0.2, -0.15) is 5.10 Å². The number of nitrogens with one attached hydrogen (secondary N) is 1. The summed E-state index contributed by atoms with van der Waals surface area (Å²) in [5, 5.41) is 6.26. The van der Waals surface area contributed by atoms with E-state index in [0.29, 0.717) is 5.92 Å². The zero-order valence-electron chi connectivity index (χ0n) is 15.3. The molecule has 3 nitrogen and oxygen atoms in total. The van der Waals surface area contributed by atoms with Crippen LogP contribution in [0.2, 0.25) is 0 Å². The van der Waals surface area contributed by atoms with E-state index in [0.717, 1.165) is 11.8 Å². The molecule has 3 aliphatic carbocycles. The van der Waals surface area contributed by atoms with Gasteiger partial charge in [-0.1, -0.05) is 36.4 Å². The molecule has 1 N–H and O–H groups in total. The predicted molar refractivity (Wildman–Crippen MR) is 113 cm³/mol. The fourth-order valence-electron chi connectivity index (χ4n) is 5.49. The number of rotatable bonds is 2. The van der Waals surface area contributed by atoms with Gasteiger partial charge < -0.3 is 0 Å². The van der Waals surface area contributed by atoms with Crippen LogP contribution in [0.4, 0.5) is 5.69 Å². The first-order valence-electron chi connectivity index (χ1n) is 10.0. The number of amidine groups is 1. The van der Waals surface area contributed by atoms with Crippen molar-refractivity contribution in [3.8, 4) is 0 Å². The van der Waals surface area contributed by atoms with E-state index >= 15 is 0 Å². The van der Waals surface area contributed by atoms with Crippen molar-refractivity contribution >= 4 is 32.9 Å². The molecule has 3 saturated carbocycles. The third-order valence-electron chi connectivity index (χ3n) is 6.75. The molecule has 0 radical (unpaired) electrons. The van der Waals surface area contributed by atoms with E-state index < -0.39 is 0 Å². The number of hydrazone groups is 1. The van der Waals surface area contributed by atoms with Crippen LogP contribution in [0.15, 0.2) is 65.8 Å². The van der Waals surface area contributed by atoms with Crippen molar-refractivity contribution in [3.63, 3.8) is 0 Å². The maximum absolute atomic E-state index is 4.96. The first-order valence-corrected chi connectivity index (χ1v) is 10.8. The Morgan fingerprint density at radius 2 is 1.74 bits per heavy atom. The monoisotopic (exact) mass is 373 g/mol. The van der Waals surface area contributed by atoms with Gasteiger partial charge in [-0.05, 0) is 67.7 Å². The minimum absolute atomic E-state index is 0.0476. The molecule has 1 spiro atoms. The molecule has 2 heterocycles. The highest BCUT2D eigenvalue weighted by atomic mass is 32.1. The maximum atomic E-state index is 4.96. The number of fused-ring (bicyclic) bond motifs is 3. The molecule has 3 aromatic rings. The van der Waals surface area contributed by atoms with E-state index in [1.54, 1.807) is 0 Å². The van der Waals surface area contributed by atoms with Crippen LogP contribution in [0, 0.1) is 11.8 Å². The van der Waals surface area contributed by atoms with Gasteiger partial charge in [-0.15, -0.1) is 11.3 Å². The smallest absolute Gasteiger partial charge is 0.172 e. The molecule has 7 rings (SSSR count). The Labute approximate surface area is 163 Å². The fraction of sp³-hybridized carbons (Fsp3) is 0.348.